The van der Waals surface area contributed by atoms with Gasteiger partial charge < -0.3 is 19.9 Å². The molecule has 0 fully saturated rings. The molecule has 0 radical (unpaired) electrons. The molecule has 2 aromatic rings. The smallest absolute Gasteiger partial charge is 0.249 e. The lowest BCUT2D eigenvalue weighted by molar-refractivity contribution is -0.120. The maximum absolute atomic E-state index is 11.5. The fraction of sp³-hybridized carbons (Fsp3) is 0.357. The molecule has 1 unspecified atom stereocenters. The maximum Gasteiger partial charge on any atom is 0.249 e. The normalized spacial score (nSPS) is 12.0. The molecule has 1 aromatic heterocycles. The molecule has 21 heavy (non-hydrogen) atoms. The van der Waals surface area contributed by atoms with Crippen molar-refractivity contribution in [3.8, 4) is 17.1 Å². The summed E-state index contributed by atoms with van der Waals surface area (Å²) in [5.41, 5.74) is 0.790. The van der Waals surface area contributed by atoms with Crippen LogP contribution >= 0.6 is 0 Å². The Morgan fingerprint density at radius 1 is 1.48 bits per heavy atom. The molecule has 0 aliphatic heterocycles. The number of methoxy groups -OCH3 is 1. The third-order valence-electron chi connectivity index (χ3n) is 2.85. The molecule has 1 heterocycles. The van der Waals surface area contributed by atoms with Crippen LogP contribution in [-0.2, 0) is 4.79 Å². The quantitative estimate of drug-likeness (QED) is 0.829. The lowest BCUT2D eigenvalue weighted by Crippen LogP contribution is -2.34. The number of carbonyl (C=O) groups excluding carboxylic acids is 1. The topological polar surface area (TPSA) is 89.3 Å². The Morgan fingerprint density at radius 2 is 2.29 bits per heavy atom. The van der Waals surface area contributed by atoms with Crippen LogP contribution in [-0.4, -0.2) is 36.8 Å². The zero-order valence-corrected chi connectivity index (χ0v) is 12.2. The SMILES string of the molecule is CNCC(=O)NC(C)c1nc(-c2cccc(OC)c2)no1. The summed E-state index contributed by atoms with van der Waals surface area (Å²) in [5.74, 6) is 1.40. The molecule has 1 aromatic carbocycles. The number of ether oxygens (including phenoxy) is 1. The highest BCUT2D eigenvalue weighted by Crippen LogP contribution is 2.22. The van der Waals surface area contributed by atoms with Gasteiger partial charge in [0.15, 0.2) is 0 Å². The van der Waals surface area contributed by atoms with Crippen molar-refractivity contribution in [2.75, 3.05) is 20.7 Å². The maximum atomic E-state index is 11.5. The van der Waals surface area contributed by atoms with Crippen molar-refractivity contribution in [3.05, 3.63) is 30.2 Å². The number of aromatic nitrogens is 2. The number of rotatable bonds is 6. The van der Waals surface area contributed by atoms with E-state index in [1.54, 1.807) is 21.1 Å². The molecule has 0 saturated carbocycles. The predicted octanol–water partition coefficient (Wildman–Crippen LogP) is 1.14. The molecule has 112 valence electrons. The van der Waals surface area contributed by atoms with Crippen molar-refractivity contribution in [1.82, 2.24) is 20.8 Å². The van der Waals surface area contributed by atoms with Gasteiger partial charge in [0.25, 0.3) is 0 Å². The summed E-state index contributed by atoms with van der Waals surface area (Å²) in [6.45, 7) is 2.03. The number of likely N-dealkylation sites (N-methyl/N-ethyl adjacent to an activating group) is 1. The van der Waals surface area contributed by atoms with E-state index in [4.69, 9.17) is 9.26 Å². The van der Waals surface area contributed by atoms with Crippen molar-refractivity contribution in [2.45, 2.75) is 13.0 Å². The molecule has 0 saturated heterocycles. The van der Waals surface area contributed by atoms with E-state index in [-0.39, 0.29) is 18.5 Å². The van der Waals surface area contributed by atoms with E-state index in [2.05, 4.69) is 20.8 Å². The van der Waals surface area contributed by atoms with Crippen molar-refractivity contribution in [3.63, 3.8) is 0 Å². The summed E-state index contributed by atoms with van der Waals surface area (Å²) in [5, 5.41) is 9.47. The second kappa shape index (κ2) is 6.85. The number of benzene rings is 1. The Bertz CT molecular complexity index is 612. The van der Waals surface area contributed by atoms with Gasteiger partial charge in [0.2, 0.25) is 17.6 Å². The molecule has 1 atom stereocenters. The Kier molecular flexibility index (Phi) is 4.89. The van der Waals surface area contributed by atoms with Gasteiger partial charge in [-0.05, 0) is 26.1 Å². The summed E-state index contributed by atoms with van der Waals surface area (Å²) in [6.07, 6.45) is 0. The highest BCUT2D eigenvalue weighted by Gasteiger charge is 2.17. The zero-order valence-electron chi connectivity index (χ0n) is 12.2. The van der Waals surface area contributed by atoms with Crippen LogP contribution in [0.4, 0.5) is 0 Å². The van der Waals surface area contributed by atoms with E-state index < -0.39 is 0 Å². The first kappa shape index (κ1) is 15.0. The highest BCUT2D eigenvalue weighted by molar-refractivity contribution is 5.78. The molecule has 0 aliphatic rings. The van der Waals surface area contributed by atoms with Crippen LogP contribution in [0.15, 0.2) is 28.8 Å². The van der Waals surface area contributed by atoms with Crippen LogP contribution < -0.4 is 15.4 Å². The summed E-state index contributed by atoms with van der Waals surface area (Å²) in [4.78, 5) is 15.8. The summed E-state index contributed by atoms with van der Waals surface area (Å²) in [7, 11) is 3.30. The first-order chi connectivity index (χ1) is 10.1. The average molecular weight is 290 g/mol. The van der Waals surface area contributed by atoms with Gasteiger partial charge in [-0.25, -0.2) is 0 Å². The zero-order chi connectivity index (χ0) is 15.2. The number of hydrogen-bond donors (Lipinski definition) is 2. The number of hydrogen-bond acceptors (Lipinski definition) is 6. The average Bonchev–Trinajstić information content (AvgIpc) is 2.97. The van der Waals surface area contributed by atoms with Crippen LogP contribution in [0.25, 0.3) is 11.4 Å². The van der Waals surface area contributed by atoms with Crippen LogP contribution in [0.5, 0.6) is 5.75 Å². The molecular weight excluding hydrogens is 272 g/mol. The minimum atomic E-state index is -0.349. The second-order valence-corrected chi connectivity index (χ2v) is 4.51. The summed E-state index contributed by atoms with van der Waals surface area (Å²) in [6, 6.07) is 7.02. The number of amides is 1. The number of nitrogens with one attached hydrogen (secondary N) is 2. The summed E-state index contributed by atoms with van der Waals surface area (Å²) >= 11 is 0. The van der Waals surface area contributed by atoms with Gasteiger partial charge in [0.05, 0.1) is 13.7 Å². The van der Waals surface area contributed by atoms with Gasteiger partial charge in [-0.1, -0.05) is 17.3 Å². The minimum absolute atomic E-state index is 0.133. The second-order valence-electron chi connectivity index (χ2n) is 4.51. The molecule has 7 heteroatoms. The first-order valence-electron chi connectivity index (χ1n) is 6.56. The van der Waals surface area contributed by atoms with E-state index in [9.17, 15) is 4.79 Å². The Hall–Kier alpha value is -2.41. The van der Waals surface area contributed by atoms with E-state index in [0.717, 1.165) is 5.56 Å². The van der Waals surface area contributed by atoms with E-state index in [0.29, 0.717) is 17.5 Å². The Morgan fingerprint density at radius 3 is 3.00 bits per heavy atom. The Labute approximate surface area is 122 Å². The van der Waals surface area contributed by atoms with Crippen molar-refractivity contribution < 1.29 is 14.1 Å². The highest BCUT2D eigenvalue weighted by atomic mass is 16.5. The monoisotopic (exact) mass is 290 g/mol. The summed E-state index contributed by atoms with van der Waals surface area (Å²) < 4.78 is 10.4. The molecule has 2 N–H and O–H groups in total. The molecule has 0 bridgehead atoms. The van der Waals surface area contributed by atoms with E-state index in [1.165, 1.54) is 0 Å². The van der Waals surface area contributed by atoms with Gasteiger partial charge in [-0.15, -0.1) is 0 Å². The van der Waals surface area contributed by atoms with Crippen LogP contribution in [0, 0.1) is 0 Å². The Balaban J connectivity index is 2.11. The first-order valence-corrected chi connectivity index (χ1v) is 6.56. The van der Waals surface area contributed by atoms with Crippen molar-refractivity contribution >= 4 is 5.91 Å². The predicted molar refractivity (Wildman–Crippen MR) is 76.8 cm³/mol. The molecule has 1 amide bonds. The van der Waals surface area contributed by atoms with Gasteiger partial charge in [-0.3, -0.25) is 4.79 Å². The lowest BCUT2D eigenvalue weighted by atomic mass is 10.2. The van der Waals surface area contributed by atoms with Crippen molar-refractivity contribution in [2.24, 2.45) is 0 Å². The fourth-order valence-electron chi connectivity index (χ4n) is 1.81. The van der Waals surface area contributed by atoms with Crippen LogP contribution in [0.2, 0.25) is 0 Å². The van der Waals surface area contributed by atoms with Gasteiger partial charge in [0.1, 0.15) is 11.8 Å². The van der Waals surface area contributed by atoms with E-state index >= 15 is 0 Å². The largest absolute Gasteiger partial charge is 0.497 e. The molecule has 7 nitrogen and oxygen atoms in total. The van der Waals surface area contributed by atoms with Gasteiger partial charge in [-0.2, -0.15) is 4.98 Å². The molecule has 0 spiro atoms. The van der Waals surface area contributed by atoms with Crippen LogP contribution in [0.3, 0.4) is 0 Å². The van der Waals surface area contributed by atoms with Gasteiger partial charge >= 0.3 is 0 Å². The van der Waals surface area contributed by atoms with E-state index in [1.807, 2.05) is 24.3 Å². The third-order valence-corrected chi connectivity index (χ3v) is 2.85. The molecule has 0 aliphatic carbocycles. The minimum Gasteiger partial charge on any atom is -0.497 e. The lowest BCUT2D eigenvalue weighted by Gasteiger charge is -2.08. The standard InChI is InChI=1S/C14H18N4O3/c1-9(16-12(19)8-15-2)14-17-13(18-21-14)10-5-4-6-11(7-10)20-3/h4-7,9,15H,8H2,1-3H3,(H,16,19). The third kappa shape index (κ3) is 3.79. The van der Waals surface area contributed by atoms with Crippen molar-refractivity contribution in [1.29, 1.82) is 0 Å². The fourth-order valence-corrected chi connectivity index (χ4v) is 1.81. The number of carbonyl (C=O) groups is 1. The molecule has 2 rings (SSSR count). The molecular formula is C14H18N4O3. The van der Waals surface area contributed by atoms with Crippen LogP contribution in [0.1, 0.15) is 18.9 Å². The van der Waals surface area contributed by atoms with Gasteiger partial charge in [0, 0.05) is 5.56 Å². The number of nitrogens with zero attached hydrogens (tertiary/aromatic N) is 2.